The second-order valence-electron chi connectivity index (χ2n) is 2.97. The molecule has 0 saturated heterocycles. The topological polar surface area (TPSA) is 109 Å². The van der Waals surface area contributed by atoms with Gasteiger partial charge >= 0.3 is 0 Å². The maximum Gasteiger partial charge on any atom is 0.223 e. The molecule has 0 aromatic carbocycles. The predicted molar refractivity (Wildman–Crippen MR) is 52.8 cm³/mol. The van der Waals surface area contributed by atoms with Gasteiger partial charge in [0.2, 0.25) is 11.6 Å². The molecule has 0 fully saturated rings. The van der Waals surface area contributed by atoms with Crippen LogP contribution in [0.5, 0.6) is 0 Å². The van der Waals surface area contributed by atoms with E-state index in [0.29, 0.717) is 23.0 Å². The van der Waals surface area contributed by atoms with Crippen molar-refractivity contribution in [3.63, 3.8) is 0 Å². The molecule has 3 aromatic rings. The van der Waals surface area contributed by atoms with Crippen LogP contribution in [-0.2, 0) is 0 Å². The fourth-order valence-corrected chi connectivity index (χ4v) is 1.20. The van der Waals surface area contributed by atoms with Gasteiger partial charge in [0.15, 0.2) is 0 Å². The summed E-state index contributed by atoms with van der Waals surface area (Å²) in [6.45, 7) is 0. The Morgan fingerprint density at radius 3 is 1.44 bits per heavy atom. The van der Waals surface area contributed by atoms with E-state index in [1.165, 1.54) is 0 Å². The van der Waals surface area contributed by atoms with Crippen LogP contribution in [0, 0.1) is 0 Å². The molecule has 16 heavy (non-hydrogen) atoms. The monoisotopic (exact) mass is 214 g/mol. The number of H-pyrrole nitrogens is 2. The summed E-state index contributed by atoms with van der Waals surface area (Å²) >= 11 is 0. The van der Waals surface area contributed by atoms with Crippen LogP contribution in [0.1, 0.15) is 0 Å². The Kier molecular flexibility index (Phi) is 1.89. The highest BCUT2D eigenvalue weighted by Crippen LogP contribution is 2.10. The third kappa shape index (κ3) is 1.41. The fourth-order valence-electron chi connectivity index (χ4n) is 1.20. The minimum Gasteiger partial charge on any atom is -0.285 e. The van der Waals surface area contributed by atoms with E-state index in [2.05, 4.69) is 40.8 Å². The smallest absolute Gasteiger partial charge is 0.223 e. The van der Waals surface area contributed by atoms with Gasteiger partial charge in [-0.25, -0.2) is 0 Å². The van der Waals surface area contributed by atoms with Crippen molar-refractivity contribution in [1.82, 2.24) is 40.8 Å². The van der Waals surface area contributed by atoms with Crippen LogP contribution in [0.2, 0.25) is 0 Å². The summed E-state index contributed by atoms with van der Waals surface area (Å²) in [5, 5.41) is 28.9. The average molecular weight is 214 g/mol. The van der Waals surface area contributed by atoms with Crippen molar-refractivity contribution in [3.05, 3.63) is 24.5 Å². The Morgan fingerprint density at radius 2 is 1.12 bits per heavy atom. The largest absolute Gasteiger partial charge is 0.285 e. The summed E-state index contributed by atoms with van der Waals surface area (Å²) < 4.78 is 0. The zero-order chi connectivity index (χ0) is 10.8. The second kappa shape index (κ2) is 3.50. The Bertz CT molecular complexity index is 499. The molecule has 8 nitrogen and oxygen atoms in total. The van der Waals surface area contributed by atoms with Gasteiger partial charge in [0.25, 0.3) is 0 Å². The van der Waals surface area contributed by atoms with Gasteiger partial charge in [0.1, 0.15) is 11.4 Å². The SMILES string of the molecule is c1cc(-c2nnc(-c3cc[nH]n3)nn2)n[nH]1. The maximum absolute atomic E-state index is 3.93. The molecule has 0 saturated carbocycles. The van der Waals surface area contributed by atoms with E-state index in [4.69, 9.17) is 0 Å². The van der Waals surface area contributed by atoms with Crippen LogP contribution in [0.15, 0.2) is 24.5 Å². The second-order valence-corrected chi connectivity index (χ2v) is 2.97. The van der Waals surface area contributed by atoms with Crippen molar-refractivity contribution >= 4 is 0 Å². The van der Waals surface area contributed by atoms with Crippen molar-refractivity contribution < 1.29 is 0 Å². The van der Waals surface area contributed by atoms with Crippen molar-refractivity contribution in [1.29, 1.82) is 0 Å². The lowest BCUT2D eigenvalue weighted by Crippen LogP contribution is -1.99. The number of nitrogens with zero attached hydrogens (tertiary/aromatic N) is 6. The molecule has 8 heteroatoms. The summed E-state index contributed by atoms with van der Waals surface area (Å²) in [6.07, 6.45) is 3.36. The highest BCUT2D eigenvalue weighted by atomic mass is 15.3. The molecule has 0 bridgehead atoms. The zero-order valence-electron chi connectivity index (χ0n) is 7.99. The lowest BCUT2D eigenvalue weighted by Gasteiger charge is -1.93. The first-order valence-corrected chi connectivity index (χ1v) is 4.51. The summed E-state index contributed by atoms with van der Waals surface area (Å²) in [5.74, 6) is 0.751. The van der Waals surface area contributed by atoms with E-state index < -0.39 is 0 Å². The third-order valence-corrected chi connectivity index (χ3v) is 1.94. The molecule has 78 valence electrons. The van der Waals surface area contributed by atoms with Crippen LogP contribution in [0.4, 0.5) is 0 Å². The van der Waals surface area contributed by atoms with Gasteiger partial charge < -0.3 is 0 Å². The summed E-state index contributed by atoms with van der Waals surface area (Å²) in [6, 6.07) is 3.49. The van der Waals surface area contributed by atoms with Crippen LogP contribution in [-0.4, -0.2) is 40.8 Å². The molecule has 0 radical (unpaired) electrons. The van der Waals surface area contributed by atoms with Crippen LogP contribution in [0.3, 0.4) is 0 Å². The molecule has 0 unspecified atom stereocenters. The van der Waals surface area contributed by atoms with E-state index in [9.17, 15) is 0 Å². The van der Waals surface area contributed by atoms with Gasteiger partial charge in [-0.15, -0.1) is 20.4 Å². The van der Waals surface area contributed by atoms with E-state index in [1.54, 1.807) is 24.5 Å². The van der Waals surface area contributed by atoms with Crippen molar-refractivity contribution in [3.8, 4) is 23.0 Å². The number of nitrogens with one attached hydrogen (secondary N) is 2. The minimum atomic E-state index is 0.375. The predicted octanol–water partition coefficient (Wildman–Crippen LogP) is 0.0468. The summed E-state index contributed by atoms with van der Waals surface area (Å²) in [5.41, 5.74) is 1.21. The van der Waals surface area contributed by atoms with Gasteiger partial charge in [0, 0.05) is 12.4 Å². The first-order chi connectivity index (χ1) is 7.93. The van der Waals surface area contributed by atoms with Crippen LogP contribution in [0.25, 0.3) is 23.0 Å². The van der Waals surface area contributed by atoms with Gasteiger partial charge in [0.05, 0.1) is 0 Å². The fraction of sp³-hybridized carbons (Fsp3) is 0. The first kappa shape index (κ1) is 8.65. The molecule has 2 N–H and O–H groups in total. The molecule has 0 aliphatic heterocycles. The van der Waals surface area contributed by atoms with E-state index in [1.807, 2.05) is 0 Å². The molecule has 3 heterocycles. The number of aromatic amines is 2. The first-order valence-electron chi connectivity index (χ1n) is 4.51. The third-order valence-electron chi connectivity index (χ3n) is 1.94. The summed E-state index contributed by atoms with van der Waals surface area (Å²) in [7, 11) is 0. The highest BCUT2D eigenvalue weighted by Gasteiger charge is 2.08. The molecular formula is C8H6N8. The highest BCUT2D eigenvalue weighted by molar-refractivity contribution is 5.49. The number of hydrogen-bond acceptors (Lipinski definition) is 6. The Morgan fingerprint density at radius 1 is 0.688 bits per heavy atom. The van der Waals surface area contributed by atoms with Crippen LogP contribution >= 0.6 is 0 Å². The molecule has 3 rings (SSSR count). The van der Waals surface area contributed by atoms with Crippen molar-refractivity contribution in [2.24, 2.45) is 0 Å². The Hall–Kier alpha value is -2.64. The Balaban J connectivity index is 1.97. The molecule has 0 aliphatic rings. The van der Waals surface area contributed by atoms with Gasteiger partial charge in [-0.1, -0.05) is 0 Å². The van der Waals surface area contributed by atoms with Crippen LogP contribution < -0.4 is 0 Å². The summed E-state index contributed by atoms with van der Waals surface area (Å²) in [4.78, 5) is 0. The number of hydrogen-bond donors (Lipinski definition) is 2. The Labute approximate surface area is 89.2 Å². The van der Waals surface area contributed by atoms with Gasteiger partial charge in [-0.2, -0.15) is 10.2 Å². The van der Waals surface area contributed by atoms with Crippen molar-refractivity contribution in [2.75, 3.05) is 0 Å². The average Bonchev–Trinajstić information content (AvgIpc) is 3.03. The minimum absolute atomic E-state index is 0.375. The van der Waals surface area contributed by atoms with Gasteiger partial charge in [-0.05, 0) is 12.1 Å². The maximum atomic E-state index is 3.93. The molecule has 0 atom stereocenters. The molecular weight excluding hydrogens is 208 g/mol. The standard InChI is InChI=1S/C8H6N8/c1-3-9-11-5(1)7-13-15-8(16-14-7)6-2-4-10-12-6/h1-4H,(H,9,11)(H,10,12). The molecule has 3 aromatic heterocycles. The van der Waals surface area contributed by atoms with Crippen molar-refractivity contribution in [2.45, 2.75) is 0 Å². The molecule has 0 amide bonds. The molecule has 0 aliphatic carbocycles. The normalized spacial score (nSPS) is 10.5. The lowest BCUT2D eigenvalue weighted by molar-refractivity contribution is 0.860. The van der Waals surface area contributed by atoms with E-state index >= 15 is 0 Å². The quantitative estimate of drug-likeness (QED) is 0.623. The van der Waals surface area contributed by atoms with E-state index in [0.717, 1.165) is 0 Å². The molecule has 0 spiro atoms. The lowest BCUT2D eigenvalue weighted by atomic mass is 10.4. The number of aromatic nitrogens is 8. The van der Waals surface area contributed by atoms with E-state index in [-0.39, 0.29) is 0 Å². The zero-order valence-corrected chi connectivity index (χ0v) is 7.99. The van der Waals surface area contributed by atoms with Gasteiger partial charge in [-0.3, -0.25) is 10.2 Å². The number of rotatable bonds is 2.